The van der Waals surface area contributed by atoms with Gasteiger partial charge in [-0.15, -0.1) is 0 Å². The van der Waals surface area contributed by atoms with Crippen molar-refractivity contribution in [3.05, 3.63) is 53.6 Å². The van der Waals surface area contributed by atoms with Crippen LogP contribution in [0, 0.1) is 11.6 Å². The number of esters is 1. The minimum absolute atomic E-state index is 0.00477. The maximum atomic E-state index is 13.9. The van der Waals surface area contributed by atoms with E-state index in [4.69, 9.17) is 5.11 Å². The Kier molecular flexibility index (Phi) is 3.46. The molecule has 3 nitrogen and oxygen atoms in total. The Hall–Kier alpha value is -2.43. The van der Waals surface area contributed by atoms with Gasteiger partial charge in [-0.05, 0) is 23.8 Å². The molecule has 0 aliphatic rings. The van der Waals surface area contributed by atoms with Crippen LogP contribution in [-0.2, 0) is 4.74 Å². The third-order valence-corrected chi connectivity index (χ3v) is 2.67. The molecule has 0 bridgehead atoms. The number of methoxy groups -OCH3 is 1. The second-order valence-electron chi connectivity index (χ2n) is 3.83. The van der Waals surface area contributed by atoms with E-state index >= 15 is 0 Å². The highest BCUT2D eigenvalue weighted by Crippen LogP contribution is 2.27. The summed E-state index contributed by atoms with van der Waals surface area (Å²) >= 11 is 0. The molecule has 2 rings (SSSR count). The van der Waals surface area contributed by atoms with Crippen molar-refractivity contribution < 1.29 is 23.4 Å². The molecular weight excluding hydrogens is 254 g/mol. The predicted octanol–water partition coefficient (Wildman–Crippen LogP) is 3.12. The number of carbonyl (C=O) groups is 1. The number of carbonyl (C=O) groups excluding carboxylic acids is 1. The minimum Gasteiger partial charge on any atom is -0.508 e. The van der Waals surface area contributed by atoms with Crippen LogP contribution in [0.2, 0.25) is 0 Å². The Morgan fingerprint density at radius 3 is 2.26 bits per heavy atom. The Balaban J connectivity index is 2.52. The number of phenols is 1. The number of rotatable bonds is 2. The number of phenolic OH excluding ortho intramolecular Hbond substituents is 1. The van der Waals surface area contributed by atoms with Crippen LogP contribution in [0.5, 0.6) is 5.75 Å². The third-order valence-electron chi connectivity index (χ3n) is 2.67. The molecule has 1 N–H and O–H groups in total. The summed E-state index contributed by atoms with van der Waals surface area (Å²) in [6, 6.07) is 8.07. The summed E-state index contributed by atoms with van der Waals surface area (Å²) in [7, 11) is 1.09. The summed E-state index contributed by atoms with van der Waals surface area (Å²) in [5.74, 6) is -3.30. The van der Waals surface area contributed by atoms with Gasteiger partial charge >= 0.3 is 5.97 Å². The molecule has 98 valence electrons. The molecule has 0 heterocycles. The van der Waals surface area contributed by atoms with Gasteiger partial charge in [-0.3, -0.25) is 0 Å². The summed E-state index contributed by atoms with van der Waals surface area (Å²) < 4.78 is 32.0. The summed E-state index contributed by atoms with van der Waals surface area (Å²) in [5.41, 5.74) is -0.0571. The van der Waals surface area contributed by atoms with E-state index in [1.165, 1.54) is 30.3 Å². The lowest BCUT2D eigenvalue weighted by molar-refractivity contribution is 0.0594. The Bertz CT molecular complexity index is 621. The van der Waals surface area contributed by atoms with E-state index in [0.29, 0.717) is 5.56 Å². The maximum absolute atomic E-state index is 13.9. The molecule has 0 unspecified atom stereocenters. The fraction of sp³-hybridized carbons (Fsp3) is 0.0714. The highest BCUT2D eigenvalue weighted by atomic mass is 19.2. The number of aromatic hydroxyl groups is 1. The van der Waals surface area contributed by atoms with E-state index in [9.17, 15) is 13.6 Å². The third kappa shape index (κ3) is 2.40. The van der Waals surface area contributed by atoms with Crippen molar-refractivity contribution in [2.45, 2.75) is 0 Å². The van der Waals surface area contributed by atoms with E-state index in [1.807, 2.05) is 0 Å². The quantitative estimate of drug-likeness (QED) is 0.848. The first kappa shape index (κ1) is 13.0. The van der Waals surface area contributed by atoms with Crippen molar-refractivity contribution in [1.29, 1.82) is 0 Å². The number of hydrogen-bond acceptors (Lipinski definition) is 3. The average Bonchev–Trinajstić information content (AvgIpc) is 2.42. The van der Waals surface area contributed by atoms with Crippen molar-refractivity contribution in [2.24, 2.45) is 0 Å². The van der Waals surface area contributed by atoms with Crippen molar-refractivity contribution >= 4 is 5.97 Å². The summed E-state index contributed by atoms with van der Waals surface area (Å²) in [6.07, 6.45) is 0. The smallest absolute Gasteiger partial charge is 0.340 e. The zero-order valence-electron chi connectivity index (χ0n) is 9.98. The Morgan fingerprint density at radius 1 is 1.05 bits per heavy atom. The second kappa shape index (κ2) is 5.06. The van der Waals surface area contributed by atoms with Crippen LogP contribution in [-0.4, -0.2) is 18.2 Å². The van der Waals surface area contributed by atoms with Crippen LogP contribution in [0.4, 0.5) is 8.78 Å². The van der Waals surface area contributed by atoms with Crippen LogP contribution >= 0.6 is 0 Å². The standard InChI is InChI=1S/C14H10F2O3/c1-19-14(18)11-7-6-10(12(15)13(11)16)8-2-4-9(17)5-3-8/h2-7,17H,1H3. The minimum atomic E-state index is -1.25. The number of ether oxygens (including phenoxy) is 1. The highest BCUT2D eigenvalue weighted by molar-refractivity contribution is 5.90. The van der Waals surface area contributed by atoms with Crippen LogP contribution in [0.1, 0.15) is 10.4 Å². The number of halogens is 2. The molecule has 0 spiro atoms. The van der Waals surface area contributed by atoms with Crippen LogP contribution in [0.3, 0.4) is 0 Å². The first-order valence-electron chi connectivity index (χ1n) is 5.40. The largest absolute Gasteiger partial charge is 0.508 e. The van der Waals surface area contributed by atoms with Gasteiger partial charge in [0, 0.05) is 5.56 Å². The van der Waals surface area contributed by atoms with Crippen molar-refractivity contribution in [3.8, 4) is 16.9 Å². The van der Waals surface area contributed by atoms with E-state index in [1.54, 1.807) is 0 Å². The van der Waals surface area contributed by atoms with E-state index in [2.05, 4.69) is 4.74 Å². The molecule has 0 fully saturated rings. The maximum Gasteiger partial charge on any atom is 0.340 e. The predicted molar refractivity (Wildman–Crippen MR) is 64.8 cm³/mol. The molecule has 0 amide bonds. The Labute approximate surface area is 108 Å². The van der Waals surface area contributed by atoms with Gasteiger partial charge in [0.25, 0.3) is 0 Å². The zero-order chi connectivity index (χ0) is 14.0. The molecule has 0 radical (unpaired) electrons. The fourth-order valence-corrected chi connectivity index (χ4v) is 1.68. The van der Waals surface area contributed by atoms with Gasteiger partial charge in [0.15, 0.2) is 11.6 Å². The first-order chi connectivity index (χ1) is 9.04. The molecule has 0 saturated heterocycles. The molecule has 2 aromatic carbocycles. The molecule has 0 aromatic heterocycles. The van der Waals surface area contributed by atoms with Gasteiger partial charge in [0.1, 0.15) is 5.75 Å². The summed E-state index contributed by atoms with van der Waals surface area (Å²) in [5, 5.41) is 9.15. The number of hydrogen-bond donors (Lipinski definition) is 1. The van der Waals surface area contributed by atoms with E-state index in [0.717, 1.165) is 13.2 Å². The summed E-state index contributed by atoms with van der Waals surface area (Å²) in [6.45, 7) is 0. The van der Waals surface area contributed by atoms with Gasteiger partial charge in [-0.25, -0.2) is 13.6 Å². The molecule has 5 heteroatoms. The topological polar surface area (TPSA) is 46.5 Å². The van der Waals surface area contributed by atoms with Gasteiger partial charge in [0.2, 0.25) is 0 Å². The SMILES string of the molecule is COC(=O)c1ccc(-c2ccc(O)cc2)c(F)c1F. The van der Waals surface area contributed by atoms with Gasteiger partial charge in [-0.1, -0.05) is 18.2 Å². The molecule has 2 aromatic rings. The number of benzene rings is 2. The summed E-state index contributed by atoms with van der Waals surface area (Å²) in [4.78, 5) is 11.2. The molecule has 19 heavy (non-hydrogen) atoms. The second-order valence-corrected chi connectivity index (χ2v) is 3.83. The fourth-order valence-electron chi connectivity index (χ4n) is 1.68. The lowest BCUT2D eigenvalue weighted by Crippen LogP contribution is -2.06. The van der Waals surface area contributed by atoms with E-state index in [-0.39, 0.29) is 11.3 Å². The average molecular weight is 264 g/mol. The van der Waals surface area contributed by atoms with Gasteiger partial charge in [0.05, 0.1) is 12.7 Å². The van der Waals surface area contributed by atoms with Crippen molar-refractivity contribution in [2.75, 3.05) is 7.11 Å². The molecule has 0 saturated carbocycles. The highest BCUT2D eigenvalue weighted by Gasteiger charge is 2.19. The van der Waals surface area contributed by atoms with Gasteiger partial charge < -0.3 is 9.84 Å². The zero-order valence-corrected chi connectivity index (χ0v) is 9.98. The van der Waals surface area contributed by atoms with Crippen molar-refractivity contribution in [1.82, 2.24) is 0 Å². The lowest BCUT2D eigenvalue weighted by Gasteiger charge is -2.07. The molecule has 0 atom stereocenters. The molecular formula is C14H10F2O3. The van der Waals surface area contributed by atoms with E-state index < -0.39 is 23.2 Å². The van der Waals surface area contributed by atoms with Crippen LogP contribution in [0.15, 0.2) is 36.4 Å². The van der Waals surface area contributed by atoms with Gasteiger partial charge in [-0.2, -0.15) is 0 Å². The Morgan fingerprint density at radius 2 is 1.68 bits per heavy atom. The first-order valence-corrected chi connectivity index (χ1v) is 5.40. The molecule has 0 aliphatic heterocycles. The van der Waals surface area contributed by atoms with Crippen LogP contribution < -0.4 is 0 Å². The lowest BCUT2D eigenvalue weighted by atomic mass is 10.0. The normalized spacial score (nSPS) is 10.3. The van der Waals surface area contributed by atoms with Crippen molar-refractivity contribution in [3.63, 3.8) is 0 Å². The molecule has 0 aliphatic carbocycles. The monoisotopic (exact) mass is 264 g/mol. The van der Waals surface area contributed by atoms with Crippen LogP contribution in [0.25, 0.3) is 11.1 Å².